The zero-order chi connectivity index (χ0) is 34.4. The summed E-state index contributed by atoms with van der Waals surface area (Å²) in [6, 6.07) is 0. The lowest BCUT2D eigenvalue weighted by atomic mass is 9.87. The van der Waals surface area contributed by atoms with Crippen molar-refractivity contribution in [3.8, 4) is 0 Å². The molecule has 3 N–H and O–H groups in total. The van der Waals surface area contributed by atoms with E-state index in [1.54, 1.807) is 48.6 Å². The summed E-state index contributed by atoms with van der Waals surface area (Å²) in [5.74, 6) is -3.62. The average molecular weight is 715 g/mol. The van der Waals surface area contributed by atoms with Crippen LogP contribution in [0, 0.1) is 5.92 Å². The van der Waals surface area contributed by atoms with Crippen LogP contribution in [0.3, 0.4) is 0 Å². The minimum Gasteiger partial charge on any atom is -0.455 e. The maximum Gasteiger partial charge on any atom is 0.413 e. The van der Waals surface area contributed by atoms with Crippen molar-refractivity contribution in [2.24, 2.45) is 18.7 Å². The molecule has 250 valence electrons. The van der Waals surface area contributed by atoms with Gasteiger partial charge in [0.2, 0.25) is 11.1 Å². The lowest BCUT2D eigenvalue weighted by molar-refractivity contribution is -0.162. The number of anilines is 1. The van der Waals surface area contributed by atoms with Crippen LogP contribution < -0.4 is 11.1 Å². The highest BCUT2D eigenvalue weighted by atomic mass is 32.2. The van der Waals surface area contributed by atoms with E-state index < -0.39 is 61.5 Å². The van der Waals surface area contributed by atoms with Crippen molar-refractivity contribution in [2.75, 3.05) is 17.3 Å². The van der Waals surface area contributed by atoms with Gasteiger partial charge in [-0.3, -0.25) is 19.8 Å². The van der Waals surface area contributed by atoms with Crippen LogP contribution in [0.2, 0.25) is 0 Å². The first-order chi connectivity index (χ1) is 21.1. The summed E-state index contributed by atoms with van der Waals surface area (Å²) in [6.07, 6.45) is 0.101. The Morgan fingerprint density at radius 1 is 1.15 bits per heavy atom. The molecule has 46 heavy (non-hydrogen) atoms. The zero-order valence-corrected chi connectivity index (χ0v) is 29.5. The van der Waals surface area contributed by atoms with Gasteiger partial charge in [-0.2, -0.15) is 0 Å². The van der Waals surface area contributed by atoms with E-state index in [0.29, 0.717) is 10.7 Å². The van der Waals surface area contributed by atoms with E-state index in [1.165, 1.54) is 26.7 Å². The Bertz CT molecular complexity index is 1740. The van der Waals surface area contributed by atoms with Gasteiger partial charge in [0.15, 0.2) is 20.8 Å². The Balaban J connectivity index is 1.66. The number of Topliss-reactive ketones (excluding diaryl/α,β-unsaturated/α-hetero) is 1. The number of amides is 2. The number of hydrogen-bond acceptors (Lipinski definition) is 16. The topological polar surface area (TPSA) is 219 Å². The van der Waals surface area contributed by atoms with E-state index >= 15 is 0 Å². The molecule has 2 aromatic rings. The summed E-state index contributed by atoms with van der Waals surface area (Å²) in [4.78, 5) is 58.8. The highest BCUT2D eigenvalue weighted by molar-refractivity contribution is 8.01. The summed E-state index contributed by atoms with van der Waals surface area (Å²) in [7, 11) is -2.26. The maximum atomic E-state index is 14.0. The number of aromatic nitrogens is 5. The molecule has 4 rings (SSSR count). The number of thioether (sulfide) groups is 2. The highest BCUT2D eigenvalue weighted by Gasteiger charge is 2.59. The number of β-lactam (4-membered cyclic amide) rings is 1. The monoisotopic (exact) mass is 714 g/mol. The van der Waals surface area contributed by atoms with Crippen LogP contribution in [0.15, 0.2) is 27.2 Å². The van der Waals surface area contributed by atoms with Crippen molar-refractivity contribution in [3.05, 3.63) is 27.8 Å². The molecule has 0 aliphatic carbocycles. The Labute approximate surface area is 277 Å². The van der Waals surface area contributed by atoms with Gasteiger partial charge in [0.05, 0.1) is 16.6 Å². The number of nitrogens with two attached hydrogens (primary N) is 1. The fourth-order valence-electron chi connectivity index (χ4n) is 4.27. The number of rotatable bonds is 9. The van der Waals surface area contributed by atoms with Gasteiger partial charge >= 0.3 is 12.1 Å². The van der Waals surface area contributed by atoms with Crippen LogP contribution in [0.5, 0.6) is 0 Å². The average Bonchev–Trinajstić information content (AvgIpc) is 3.51. The molecule has 2 amide bonds. The summed E-state index contributed by atoms with van der Waals surface area (Å²) < 4.78 is 37.0. The molecule has 1 saturated heterocycles. The van der Waals surface area contributed by atoms with Crippen LogP contribution in [-0.2, 0) is 40.7 Å². The van der Waals surface area contributed by atoms with Gasteiger partial charge in [0, 0.05) is 29.8 Å². The van der Waals surface area contributed by atoms with E-state index in [9.17, 15) is 27.6 Å². The number of aryl methyl sites for hydroxylation is 1. The molecule has 0 bridgehead atoms. The van der Waals surface area contributed by atoms with Crippen molar-refractivity contribution < 1.29 is 37.1 Å². The van der Waals surface area contributed by atoms with Gasteiger partial charge in [-0.25, -0.2) is 27.7 Å². The van der Waals surface area contributed by atoms with E-state index in [-0.39, 0.29) is 27.8 Å². The largest absolute Gasteiger partial charge is 0.455 e. The molecule has 0 aromatic carbocycles. The zero-order valence-electron chi connectivity index (χ0n) is 26.3. The standard InChI is InChI=1S/C26H34N8O8S4/c1-25(2,3)41-21(37)16-12(9-44-23-30-31-32-33(23)7)18(27)45-20-15(19(36)34(16)20)17(35)13(11-46(8,39)40)14-10-43-22(28-14)29-24(38)42-26(4,5)6/h10-11,15,18,20H,9,27H2,1-8H3,(H,28,29,38)/b13-11-/t15?,18?,20-/m1/s1. The summed E-state index contributed by atoms with van der Waals surface area (Å²) in [6.45, 7) is 10.1. The molecule has 2 aliphatic rings. The minimum atomic E-state index is -3.91. The van der Waals surface area contributed by atoms with E-state index in [2.05, 4.69) is 25.8 Å². The predicted molar refractivity (Wildman–Crippen MR) is 172 cm³/mol. The minimum absolute atomic E-state index is 0.0440. The second-order valence-corrected chi connectivity index (χ2v) is 17.2. The number of nitrogens with zero attached hydrogens (tertiary/aromatic N) is 6. The van der Waals surface area contributed by atoms with Crippen molar-refractivity contribution in [3.63, 3.8) is 0 Å². The van der Waals surface area contributed by atoms with Crippen LogP contribution >= 0.6 is 34.9 Å². The molecule has 16 nitrogen and oxygen atoms in total. The third-order valence-corrected chi connectivity index (χ3v) is 9.84. The number of fused-ring (bicyclic) bond motifs is 1. The SMILES string of the molecule is Cn1nnnc1SCC1=C(C(=O)OC(C)(C)C)N2C(=O)C(C(=O)/C(=C\S(C)(=O)=O)c3csc(NC(=O)OC(C)(C)C)n3)[C@H]2SC1N. The first-order valence-corrected chi connectivity index (χ1v) is 18.4. The van der Waals surface area contributed by atoms with Crippen LogP contribution in [0.1, 0.15) is 47.2 Å². The van der Waals surface area contributed by atoms with E-state index in [1.807, 2.05) is 0 Å². The number of esters is 1. The van der Waals surface area contributed by atoms with Gasteiger partial charge in [-0.05, 0) is 57.5 Å². The first-order valence-electron chi connectivity index (χ1n) is 13.6. The Morgan fingerprint density at radius 2 is 1.80 bits per heavy atom. The summed E-state index contributed by atoms with van der Waals surface area (Å²) >= 11 is 3.20. The van der Waals surface area contributed by atoms with Crippen molar-refractivity contribution >= 4 is 79.2 Å². The quantitative estimate of drug-likeness (QED) is 0.125. The number of ether oxygens (including phenoxy) is 2. The highest BCUT2D eigenvalue weighted by Crippen LogP contribution is 2.48. The molecule has 4 heterocycles. The summed E-state index contributed by atoms with van der Waals surface area (Å²) in [5.41, 5.74) is 4.70. The van der Waals surface area contributed by atoms with E-state index in [0.717, 1.165) is 34.8 Å². The number of carbonyl (C=O) groups is 4. The van der Waals surface area contributed by atoms with Gasteiger partial charge in [-0.1, -0.05) is 11.8 Å². The lowest BCUT2D eigenvalue weighted by Gasteiger charge is -2.50. The third-order valence-electron chi connectivity index (χ3n) is 6.02. The molecular weight excluding hydrogens is 681 g/mol. The number of tetrazole rings is 1. The van der Waals surface area contributed by atoms with Gasteiger partial charge in [0.25, 0.3) is 0 Å². The number of carbonyl (C=O) groups excluding carboxylic acids is 4. The molecular formula is C26H34N8O8S4. The number of sulfone groups is 1. The van der Waals surface area contributed by atoms with Crippen molar-refractivity contribution in [2.45, 2.75) is 68.6 Å². The number of thiazole rings is 1. The van der Waals surface area contributed by atoms with Crippen LogP contribution in [0.25, 0.3) is 5.57 Å². The maximum absolute atomic E-state index is 14.0. The molecule has 2 unspecified atom stereocenters. The third kappa shape index (κ3) is 8.33. The molecule has 2 aromatic heterocycles. The Hall–Kier alpha value is -3.33. The number of ketones is 1. The van der Waals surface area contributed by atoms with Gasteiger partial charge < -0.3 is 15.2 Å². The van der Waals surface area contributed by atoms with Crippen LogP contribution in [0.4, 0.5) is 9.93 Å². The molecule has 3 atom stereocenters. The Kier molecular flexibility index (Phi) is 10.1. The number of nitrogens with one attached hydrogen (secondary N) is 1. The lowest BCUT2D eigenvalue weighted by Crippen LogP contribution is -2.65. The van der Waals surface area contributed by atoms with Gasteiger partial charge in [-0.15, -0.1) is 28.2 Å². The first kappa shape index (κ1) is 35.5. The molecule has 0 radical (unpaired) electrons. The number of hydrogen-bond donors (Lipinski definition) is 2. The normalized spacial score (nSPS) is 20.6. The molecule has 0 spiro atoms. The summed E-state index contributed by atoms with van der Waals surface area (Å²) in [5, 5.41) is 14.6. The predicted octanol–water partition coefficient (Wildman–Crippen LogP) is 2.17. The number of allylic oxidation sites excluding steroid dienone is 1. The molecule has 1 fully saturated rings. The Morgan fingerprint density at radius 3 is 2.37 bits per heavy atom. The van der Waals surface area contributed by atoms with Crippen molar-refractivity contribution in [1.29, 1.82) is 0 Å². The fourth-order valence-corrected chi connectivity index (χ4v) is 8.04. The molecule has 2 aliphatic heterocycles. The van der Waals surface area contributed by atoms with Crippen LogP contribution in [-0.4, -0.2) is 96.2 Å². The molecule has 20 heteroatoms. The second kappa shape index (κ2) is 13.1. The smallest absolute Gasteiger partial charge is 0.413 e. The van der Waals surface area contributed by atoms with Gasteiger partial charge in [0.1, 0.15) is 28.2 Å². The second-order valence-electron chi connectivity index (χ2n) is 12.3. The van der Waals surface area contributed by atoms with Crippen molar-refractivity contribution in [1.82, 2.24) is 30.1 Å². The molecule has 0 saturated carbocycles. The van der Waals surface area contributed by atoms with E-state index in [4.69, 9.17) is 15.2 Å². The fraction of sp³-hybridized carbons (Fsp3) is 0.538.